The second-order valence-electron chi connectivity index (χ2n) is 5.93. The van der Waals surface area contributed by atoms with Gasteiger partial charge in [0.05, 0.1) is 13.7 Å². The van der Waals surface area contributed by atoms with Gasteiger partial charge in [-0.25, -0.2) is 0 Å². The first kappa shape index (κ1) is 15.1. The maximum Gasteiger partial charge on any atom is 0.203 e. The maximum absolute atomic E-state index is 5.72. The Hall–Kier alpha value is -2.40. The van der Waals surface area contributed by atoms with Crippen molar-refractivity contribution in [1.82, 2.24) is 5.32 Å². The normalized spacial score (nSPS) is 18.5. The van der Waals surface area contributed by atoms with Gasteiger partial charge in [-0.05, 0) is 23.8 Å². The van der Waals surface area contributed by atoms with Crippen LogP contribution >= 0.6 is 0 Å². The van der Waals surface area contributed by atoms with Gasteiger partial charge in [-0.15, -0.1) is 0 Å². The molecule has 0 aliphatic carbocycles. The minimum absolute atomic E-state index is 0.286. The highest BCUT2D eigenvalue weighted by molar-refractivity contribution is 5.54. The molecule has 0 radical (unpaired) electrons. The first-order valence-electron chi connectivity index (χ1n) is 8.27. The monoisotopic (exact) mass is 327 g/mol. The fourth-order valence-corrected chi connectivity index (χ4v) is 3.22. The van der Waals surface area contributed by atoms with Gasteiger partial charge in [0.15, 0.2) is 11.5 Å². The Morgan fingerprint density at radius 3 is 2.79 bits per heavy atom. The number of para-hydroxylation sites is 1. The van der Waals surface area contributed by atoms with Crippen molar-refractivity contribution in [2.24, 2.45) is 0 Å². The summed E-state index contributed by atoms with van der Waals surface area (Å²) in [4.78, 5) is 0. The predicted octanol–water partition coefficient (Wildman–Crippen LogP) is 3.08. The number of hydrogen-bond donors (Lipinski definition) is 1. The Kier molecular flexibility index (Phi) is 4.17. The van der Waals surface area contributed by atoms with E-state index in [1.54, 1.807) is 7.11 Å². The average Bonchev–Trinajstić information content (AvgIpc) is 2.65. The molecule has 2 aliphatic heterocycles. The highest BCUT2D eigenvalue weighted by Gasteiger charge is 2.22. The van der Waals surface area contributed by atoms with Crippen LogP contribution in [0.3, 0.4) is 0 Å². The molecule has 0 fully saturated rings. The summed E-state index contributed by atoms with van der Waals surface area (Å²) in [5, 5.41) is 3.62. The molecule has 126 valence electrons. The van der Waals surface area contributed by atoms with Crippen LogP contribution in [0.25, 0.3) is 0 Å². The molecule has 0 unspecified atom stereocenters. The van der Waals surface area contributed by atoms with Crippen molar-refractivity contribution in [2.75, 3.05) is 26.9 Å². The van der Waals surface area contributed by atoms with E-state index in [4.69, 9.17) is 18.9 Å². The third kappa shape index (κ3) is 2.87. The van der Waals surface area contributed by atoms with Gasteiger partial charge in [0.1, 0.15) is 19.0 Å². The summed E-state index contributed by atoms with van der Waals surface area (Å²) in [6.45, 7) is 2.59. The summed E-state index contributed by atoms with van der Waals surface area (Å²) in [5.74, 6) is 3.14. The van der Waals surface area contributed by atoms with E-state index in [1.165, 1.54) is 5.56 Å². The quantitative estimate of drug-likeness (QED) is 0.935. The van der Waals surface area contributed by atoms with E-state index in [2.05, 4.69) is 17.4 Å². The van der Waals surface area contributed by atoms with Gasteiger partial charge in [0.2, 0.25) is 5.75 Å². The maximum atomic E-state index is 5.72. The topological polar surface area (TPSA) is 49.0 Å². The summed E-state index contributed by atoms with van der Waals surface area (Å²) in [6, 6.07) is 12.5. The van der Waals surface area contributed by atoms with E-state index < -0.39 is 0 Å². The number of ether oxygens (including phenoxy) is 4. The number of methoxy groups -OCH3 is 1. The Balaban J connectivity index is 1.52. The Labute approximate surface area is 141 Å². The minimum atomic E-state index is 0.286. The largest absolute Gasteiger partial charge is 0.493 e. The molecule has 1 N–H and O–H groups in total. The third-order valence-electron chi connectivity index (χ3n) is 4.40. The molecule has 2 aromatic carbocycles. The van der Waals surface area contributed by atoms with Crippen molar-refractivity contribution in [3.05, 3.63) is 47.5 Å². The summed E-state index contributed by atoms with van der Waals surface area (Å²) in [6.07, 6.45) is 0.957. The van der Waals surface area contributed by atoms with Gasteiger partial charge in [-0.1, -0.05) is 18.2 Å². The molecule has 0 bridgehead atoms. The van der Waals surface area contributed by atoms with E-state index >= 15 is 0 Å². The van der Waals surface area contributed by atoms with Crippen molar-refractivity contribution in [3.63, 3.8) is 0 Å². The molecule has 0 saturated heterocycles. The molecular weight excluding hydrogens is 306 g/mol. The lowest BCUT2D eigenvalue weighted by molar-refractivity contribution is 0.165. The highest BCUT2D eigenvalue weighted by atomic mass is 16.6. The van der Waals surface area contributed by atoms with Crippen LogP contribution in [0.4, 0.5) is 0 Å². The fourth-order valence-electron chi connectivity index (χ4n) is 3.22. The summed E-state index contributed by atoms with van der Waals surface area (Å²) >= 11 is 0. The lowest BCUT2D eigenvalue weighted by Gasteiger charge is -2.27. The Morgan fingerprint density at radius 1 is 1.04 bits per heavy atom. The molecule has 2 aromatic rings. The molecule has 24 heavy (non-hydrogen) atoms. The molecular formula is C19H21NO4. The molecule has 0 aromatic heterocycles. The van der Waals surface area contributed by atoms with Crippen LogP contribution in [0.1, 0.15) is 23.6 Å². The molecule has 0 amide bonds. The van der Waals surface area contributed by atoms with Gasteiger partial charge in [0.25, 0.3) is 0 Å². The summed E-state index contributed by atoms with van der Waals surface area (Å²) < 4.78 is 22.5. The summed E-state index contributed by atoms with van der Waals surface area (Å²) in [7, 11) is 1.65. The van der Waals surface area contributed by atoms with Crippen molar-refractivity contribution in [3.8, 4) is 23.0 Å². The van der Waals surface area contributed by atoms with Crippen LogP contribution in [0, 0.1) is 0 Å². The van der Waals surface area contributed by atoms with Crippen LogP contribution in [-0.4, -0.2) is 26.9 Å². The number of hydrogen-bond acceptors (Lipinski definition) is 5. The second kappa shape index (κ2) is 6.61. The Bertz CT molecular complexity index is 714. The van der Waals surface area contributed by atoms with Crippen molar-refractivity contribution in [1.29, 1.82) is 0 Å². The highest BCUT2D eigenvalue weighted by Crippen LogP contribution is 2.40. The Morgan fingerprint density at radius 2 is 1.88 bits per heavy atom. The number of fused-ring (bicyclic) bond motifs is 2. The smallest absolute Gasteiger partial charge is 0.203 e. The zero-order valence-electron chi connectivity index (χ0n) is 13.7. The molecule has 2 heterocycles. The molecule has 5 heteroatoms. The molecule has 5 nitrogen and oxygen atoms in total. The fraction of sp³-hybridized carbons (Fsp3) is 0.368. The SMILES string of the molecule is COc1cc(CN[C@@H]2CCOc3ccccc32)cc2c1OCCO2. The van der Waals surface area contributed by atoms with Crippen LogP contribution in [-0.2, 0) is 6.54 Å². The molecule has 1 atom stereocenters. The number of nitrogens with one attached hydrogen (secondary N) is 1. The first-order valence-corrected chi connectivity index (χ1v) is 8.27. The van der Waals surface area contributed by atoms with Crippen LogP contribution in [0.2, 0.25) is 0 Å². The average molecular weight is 327 g/mol. The third-order valence-corrected chi connectivity index (χ3v) is 4.40. The van der Waals surface area contributed by atoms with E-state index in [1.807, 2.05) is 24.3 Å². The van der Waals surface area contributed by atoms with Crippen LogP contribution < -0.4 is 24.3 Å². The zero-order valence-corrected chi connectivity index (χ0v) is 13.7. The van der Waals surface area contributed by atoms with Gasteiger partial charge in [-0.3, -0.25) is 0 Å². The van der Waals surface area contributed by atoms with Crippen LogP contribution in [0.15, 0.2) is 36.4 Å². The van der Waals surface area contributed by atoms with E-state index in [-0.39, 0.29) is 6.04 Å². The molecule has 4 rings (SSSR count). The van der Waals surface area contributed by atoms with Gasteiger partial charge < -0.3 is 24.3 Å². The number of rotatable bonds is 4. The molecule has 0 spiro atoms. The van der Waals surface area contributed by atoms with Gasteiger partial charge >= 0.3 is 0 Å². The van der Waals surface area contributed by atoms with E-state index in [9.17, 15) is 0 Å². The second-order valence-corrected chi connectivity index (χ2v) is 5.93. The van der Waals surface area contributed by atoms with E-state index in [0.29, 0.717) is 19.0 Å². The summed E-state index contributed by atoms with van der Waals surface area (Å²) in [5.41, 5.74) is 2.33. The standard InChI is InChI=1S/C19H21NO4/c1-21-17-10-13(11-18-19(17)24-9-8-23-18)12-20-15-6-7-22-16-5-3-2-4-14(15)16/h2-5,10-11,15,20H,6-9,12H2,1H3/t15-/m1/s1. The molecule has 0 saturated carbocycles. The van der Waals surface area contributed by atoms with Crippen molar-refractivity contribution in [2.45, 2.75) is 19.0 Å². The van der Waals surface area contributed by atoms with Crippen molar-refractivity contribution < 1.29 is 18.9 Å². The van der Waals surface area contributed by atoms with Gasteiger partial charge in [-0.2, -0.15) is 0 Å². The predicted molar refractivity (Wildman–Crippen MR) is 90.1 cm³/mol. The van der Waals surface area contributed by atoms with Gasteiger partial charge in [0, 0.05) is 24.6 Å². The lowest BCUT2D eigenvalue weighted by atomic mass is 10.0. The molecule has 2 aliphatic rings. The lowest BCUT2D eigenvalue weighted by Crippen LogP contribution is -2.26. The first-order chi connectivity index (χ1) is 11.8. The van der Waals surface area contributed by atoms with E-state index in [0.717, 1.165) is 42.4 Å². The number of benzene rings is 2. The van der Waals surface area contributed by atoms with Crippen LogP contribution in [0.5, 0.6) is 23.0 Å². The zero-order chi connectivity index (χ0) is 16.4. The minimum Gasteiger partial charge on any atom is -0.493 e. The van der Waals surface area contributed by atoms with Crippen molar-refractivity contribution >= 4 is 0 Å².